The van der Waals surface area contributed by atoms with Crippen LogP contribution >= 0.6 is 0 Å². The lowest BCUT2D eigenvalue weighted by Crippen LogP contribution is -2.39. The zero-order chi connectivity index (χ0) is 20.5. The third-order valence-electron chi connectivity index (χ3n) is 5.08. The molecule has 1 amide bonds. The lowest BCUT2D eigenvalue weighted by atomic mass is 9.98. The molecule has 4 heterocycles. The number of hydrogen-bond acceptors (Lipinski definition) is 7. The maximum absolute atomic E-state index is 13.1. The quantitative estimate of drug-likeness (QED) is 0.500. The number of benzene rings is 1. The minimum Gasteiger partial charge on any atom is -0.461 e. The van der Waals surface area contributed by atoms with Gasteiger partial charge in [0.25, 0.3) is 5.91 Å². The summed E-state index contributed by atoms with van der Waals surface area (Å²) >= 11 is 0. The molecule has 30 heavy (non-hydrogen) atoms. The highest BCUT2D eigenvalue weighted by atomic mass is 19.1. The standard InChI is InChI=1S/C21H17FN4O4/c22-15-7-5-13(6-8-15)19-23-24-20(29-19)14-3-1-9-26(12-14)21(27)16-11-18(30-25-16)17-4-2-10-28-17/h2,4-8,10-11,14H,1,3,9,12H2. The zero-order valence-corrected chi connectivity index (χ0v) is 15.8. The van der Waals surface area contributed by atoms with Crippen molar-refractivity contribution in [1.82, 2.24) is 20.3 Å². The first-order chi connectivity index (χ1) is 14.7. The van der Waals surface area contributed by atoms with E-state index in [-0.39, 0.29) is 23.3 Å². The molecular formula is C21H17FN4O4. The average Bonchev–Trinajstić information content (AvgIpc) is 3.55. The van der Waals surface area contributed by atoms with Gasteiger partial charge in [0.05, 0.1) is 12.2 Å². The van der Waals surface area contributed by atoms with Crippen LogP contribution < -0.4 is 0 Å². The molecule has 0 saturated carbocycles. The van der Waals surface area contributed by atoms with Crippen LogP contribution in [0.5, 0.6) is 0 Å². The third kappa shape index (κ3) is 3.49. The van der Waals surface area contributed by atoms with E-state index in [0.29, 0.717) is 42.0 Å². The summed E-state index contributed by atoms with van der Waals surface area (Å²) < 4.78 is 29.4. The first-order valence-electron chi connectivity index (χ1n) is 9.56. The summed E-state index contributed by atoms with van der Waals surface area (Å²) in [7, 11) is 0. The van der Waals surface area contributed by atoms with E-state index in [1.807, 2.05) is 0 Å². The lowest BCUT2D eigenvalue weighted by Gasteiger charge is -2.30. The first-order valence-corrected chi connectivity index (χ1v) is 9.56. The summed E-state index contributed by atoms with van der Waals surface area (Å²) in [4.78, 5) is 14.6. The largest absolute Gasteiger partial charge is 0.461 e. The molecule has 1 atom stereocenters. The molecule has 0 spiro atoms. The van der Waals surface area contributed by atoms with Gasteiger partial charge in [0.2, 0.25) is 17.5 Å². The van der Waals surface area contributed by atoms with Crippen LogP contribution in [0.4, 0.5) is 4.39 Å². The Morgan fingerprint density at radius 2 is 2.00 bits per heavy atom. The molecule has 0 bridgehead atoms. The van der Waals surface area contributed by atoms with Crippen molar-refractivity contribution in [2.45, 2.75) is 18.8 Å². The molecule has 1 aromatic carbocycles. The molecule has 1 aliphatic rings. The van der Waals surface area contributed by atoms with Crippen molar-refractivity contribution >= 4 is 5.91 Å². The van der Waals surface area contributed by atoms with Crippen molar-refractivity contribution in [3.05, 3.63) is 66.1 Å². The minimum atomic E-state index is -0.331. The van der Waals surface area contributed by atoms with Gasteiger partial charge in [-0.2, -0.15) is 0 Å². The van der Waals surface area contributed by atoms with E-state index in [0.717, 1.165) is 12.8 Å². The summed E-state index contributed by atoms with van der Waals surface area (Å²) in [5, 5.41) is 12.1. The van der Waals surface area contributed by atoms with Crippen molar-refractivity contribution in [2.24, 2.45) is 0 Å². The number of amides is 1. The average molecular weight is 408 g/mol. The number of rotatable bonds is 4. The third-order valence-corrected chi connectivity index (χ3v) is 5.08. The number of furan rings is 1. The Morgan fingerprint density at radius 3 is 2.80 bits per heavy atom. The Balaban J connectivity index is 1.30. The Hall–Kier alpha value is -3.75. The lowest BCUT2D eigenvalue weighted by molar-refractivity contribution is 0.0688. The maximum Gasteiger partial charge on any atom is 0.276 e. The molecule has 9 heteroatoms. The molecule has 3 aromatic heterocycles. The Morgan fingerprint density at radius 1 is 1.13 bits per heavy atom. The van der Waals surface area contributed by atoms with Crippen LogP contribution in [0.2, 0.25) is 0 Å². The van der Waals surface area contributed by atoms with Gasteiger partial charge in [-0.15, -0.1) is 10.2 Å². The fourth-order valence-electron chi connectivity index (χ4n) is 3.54. The van der Waals surface area contributed by atoms with Crippen LogP contribution in [0.15, 0.2) is 62.1 Å². The highest BCUT2D eigenvalue weighted by Gasteiger charge is 2.30. The predicted octanol–water partition coefficient (Wildman–Crippen LogP) is 4.14. The number of nitrogens with zero attached hydrogens (tertiary/aromatic N) is 4. The maximum atomic E-state index is 13.1. The van der Waals surface area contributed by atoms with Crippen LogP contribution in [-0.2, 0) is 0 Å². The van der Waals surface area contributed by atoms with Crippen LogP contribution in [0, 0.1) is 5.82 Å². The van der Waals surface area contributed by atoms with Crippen molar-refractivity contribution in [2.75, 3.05) is 13.1 Å². The topological polar surface area (TPSA) is 98.4 Å². The molecule has 1 fully saturated rings. The van der Waals surface area contributed by atoms with Gasteiger partial charge in [-0.25, -0.2) is 4.39 Å². The van der Waals surface area contributed by atoms with Gasteiger partial charge in [-0.3, -0.25) is 4.79 Å². The Kier molecular flexibility index (Phi) is 4.62. The van der Waals surface area contributed by atoms with Gasteiger partial charge in [0.1, 0.15) is 5.82 Å². The molecule has 0 radical (unpaired) electrons. The normalized spacial score (nSPS) is 16.7. The Labute approximate surface area is 170 Å². The number of hydrogen-bond donors (Lipinski definition) is 0. The summed E-state index contributed by atoms with van der Waals surface area (Å²) in [5.41, 5.74) is 0.867. The number of halogens is 1. The second kappa shape index (κ2) is 7.58. The van der Waals surface area contributed by atoms with Gasteiger partial charge in [0, 0.05) is 24.7 Å². The number of aromatic nitrogens is 3. The van der Waals surface area contributed by atoms with E-state index in [1.54, 1.807) is 35.2 Å². The second-order valence-electron chi connectivity index (χ2n) is 7.10. The van der Waals surface area contributed by atoms with Crippen molar-refractivity contribution in [1.29, 1.82) is 0 Å². The summed E-state index contributed by atoms with van der Waals surface area (Å²) in [5.74, 6) is 1.06. The highest BCUT2D eigenvalue weighted by molar-refractivity contribution is 5.93. The SMILES string of the molecule is O=C(c1cc(-c2ccco2)on1)N1CCCC(c2nnc(-c3ccc(F)cc3)o2)C1. The van der Waals surface area contributed by atoms with E-state index in [9.17, 15) is 9.18 Å². The fourth-order valence-corrected chi connectivity index (χ4v) is 3.54. The van der Waals surface area contributed by atoms with Crippen molar-refractivity contribution in [3.63, 3.8) is 0 Å². The smallest absolute Gasteiger partial charge is 0.276 e. The predicted molar refractivity (Wildman–Crippen MR) is 102 cm³/mol. The van der Waals surface area contributed by atoms with Crippen LogP contribution in [0.1, 0.15) is 35.1 Å². The molecule has 0 aliphatic carbocycles. The van der Waals surface area contributed by atoms with E-state index in [4.69, 9.17) is 13.4 Å². The molecule has 152 valence electrons. The molecular weight excluding hydrogens is 391 g/mol. The molecule has 4 aromatic rings. The molecule has 1 unspecified atom stereocenters. The van der Waals surface area contributed by atoms with Gasteiger partial charge >= 0.3 is 0 Å². The van der Waals surface area contributed by atoms with E-state index < -0.39 is 0 Å². The van der Waals surface area contributed by atoms with Gasteiger partial charge in [0.15, 0.2) is 11.5 Å². The van der Waals surface area contributed by atoms with E-state index in [2.05, 4.69) is 15.4 Å². The molecule has 0 N–H and O–H groups in total. The van der Waals surface area contributed by atoms with Crippen molar-refractivity contribution in [3.8, 4) is 23.0 Å². The molecule has 5 rings (SSSR count). The van der Waals surface area contributed by atoms with Crippen LogP contribution in [0.25, 0.3) is 23.0 Å². The number of piperidine rings is 1. The monoisotopic (exact) mass is 408 g/mol. The minimum absolute atomic E-state index is 0.0826. The molecule has 1 saturated heterocycles. The van der Waals surface area contributed by atoms with Crippen LogP contribution in [-0.4, -0.2) is 39.3 Å². The number of likely N-dealkylation sites (tertiary alicyclic amines) is 1. The first kappa shape index (κ1) is 18.3. The van der Waals surface area contributed by atoms with E-state index >= 15 is 0 Å². The van der Waals surface area contributed by atoms with Crippen LogP contribution in [0.3, 0.4) is 0 Å². The zero-order valence-electron chi connectivity index (χ0n) is 15.8. The Bertz CT molecular complexity index is 1150. The second-order valence-corrected chi connectivity index (χ2v) is 7.10. The molecule has 8 nitrogen and oxygen atoms in total. The van der Waals surface area contributed by atoms with E-state index in [1.165, 1.54) is 18.4 Å². The van der Waals surface area contributed by atoms with Crippen molar-refractivity contribution < 1.29 is 22.5 Å². The number of carbonyl (C=O) groups excluding carboxylic acids is 1. The summed E-state index contributed by atoms with van der Waals surface area (Å²) in [6.07, 6.45) is 3.15. The fraction of sp³-hybridized carbons (Fsp3) is 0.238. The van der Waals surface area contributed by atoms with Gasteiger partial charge in [-0.1, -0.05) is 5.16 Å². The van der Waals surface area contributed by atoms with Gasteiger partial charge < -0.3 is 18.3 Å². The van der Waals surface area contributed by atoms with Gasteiger partial charge in [-0.05, 0) is 49.2 Å². The summed E-state index contributed by atoms with van der Waals surface area (Å²) in [6.45, 7) is 1.05. The number of carbonyl (C=O) groups is 1. The summed E-state index contributed by atoms with van der Waals surface area (Å²) in [6, 6.07) is 10.9. The molecule has 1 aliphatic heterocycles. The highest BCUT2D eigenvalue weighted by Crippen LogP contribution is 2.29.